The molecule has 3 aromatic rings. The van der Waals surface area contributed by atoms with E-state index in [0.29, 0.717) is 25.9 Å². The molecule has 34 heavy (non-hydrogen) atoms. The number of rotatable bonds is 9. The molecule has 0 spiro atoms. The molecule has 4 atom stereocenters. The minimum Gasteiger partial charge on any atom is -0.369 e. The highest BCUT2D eigenvalue weighted by Gasteiger charge is 2.46. The molecule has 2 aliphatic heterocycles. The monoisotopic (exact) mass is 457 g/mol. The maximum Gasteiger partial charge on any atom is 0.113 e. The summed E-state index contributed by atoms with van der Waals surface area (Å²) in [5, 5.41) is 0. The Morgan fingerprint density at radius 2 is 1.09 bits per heavy atom. The summed E-state index contributed by atoms with van der Waals surface area (Å²) in [4.78, 5) is 2.58. The molecule has 0 unspecified atom stereocenters. The average molecular weight is 458 g/mol. The van der Waals surface area contributed by atoms with Crippen molar-refractivity contribution in [2.24, 2.45) is 0 Å². The normalized spacial score (nSPS) is 25.1. The fraction of sp³-hybridized carbons (Fsp3) is 0.400. The predicted octanol–water partition coefficient (Wildman–Crippen LogP) is 5.61. The van der Waals surface area contributed by atoms with Crippen LogP contribution in [-0.4, -0.2) is 42.3 Å². The fourth-order valence-corrected chi connectivity index (χ4v) is 5.25. The molecule has 4 heteroatoms. The van der Waals surface area contributed by atoms with Crippen LogP contribution in [0.25, 0.3) is 0 Å². The molecule has 0 aliphatic carbocycles. The van der Waals surface area contributed by atoms with Crippen molar-refractivity contribution >= 4 is 0 Å². The van der Waals surface area contributed by atoms with Gasteiger partial charge in [-0.15, -0.1) is 0 Å². The first-order valence-electron chi connectivity index (χ1n) is 12.6. The molecular weight excluding hydrogens is 422 g/mol. The first kappa shape index (κ1) is 23.3. The molecule has 3 aromatic carbocycles. The second-order valence-electron chi connectivity index (χ2n) is 9.42. The molecule has 0 radical (unpaired) electrons. The van der Waals surface area contributed by atoms with Gasteiger partial charge in [0, 0.05) is 12.6 Å². The van der Waals surface area contributed by atoms with Gasteiger partial charge < -0.3 is 14.2 Å². The van der Waals surface area contributed by atoms with Crippen molar-refractivity contribution in [3.63, 3.8) is 0 Å². The standard InChI is InChI=1S/C30H35NO3/c1-4-12-24(13-5-1)21-32-28-20-31-19-11-10-18-27(31)29(33-22-25-14-6-2-7-15-25)30(28)34-23-26-16-8-3-9-17-26/h1-9,12-17,27-30H,10-11,18-23H2/t27-,28-,29-,30-/m1/s1. The van der Waals surface area contributed by atoms with Crippen molar-refractivity contribution in [1.82, 2.24) is 4.90 Å². The molecule has 2 saturated heterocycles. The van der Waals surface area contributed by atoms with E-state index >= 15 is 0 Å². The van der Waals surface area contributed by atoms with Gasteiger partial charge in [0.25, 0.3) is 0 Å². The molecule has 0 amide bonds. The van der Waals surface area contributed by atoms with Crippen molar-refractivity contribution in [2.75, 3.05) is 13.1 Å². The van der Waals surface area contributed by atoms with Gasteiger partial charge in [-0.3, -0.25) is 4.90 Å². The number of benzene rings is 3. The Labute approximate surface area is 203 Å². The van der Waals surface area contributed by atoms with Gasteiger partial charge in [0.1, 0.15) is 12.2 Å². The van der Waals surface area contributed by atoms with E-state index in [4.69, 9.17) is 14.2 Å². The molecular formula is C30H35NO3. The summed E-state index contributed by atoms with van der Waals surface area (Å²) in [5.41, 5.74) is 3.56. The molecule has 178 valence electrons. The maximum absolute atomic E-state index is 6.68. The van der Waals surface area contributed by atoms with Crippen molar-refractivity contribution in [3.05, 3.63) is 108 Å². The quantitative estimate of drug-likeness (QED) is 0.418. The first-order chi connectivity index (χ1) is 16.9. The molecule has 0 aromatic heterocycles. The Morgan fingerprint density at radius 1 is 0.588 bits per heavy atom. The third-order valence-corrected chi connectivity index (χ3v) is 7.03. The van der Waals surface area contributed by atoms with Crippen LogP contribution in [0, 0.1) is 0 Å². The van der Waals surface area contributed by atoms with Crippen LogP contribution in [0.15, 0.2) is 91.0 Å². The zero-order valence-corrected chi connectivity index (χ0v) is 19.8. The van der Waals surface area contributed by atoms with Crippen LogP contribution in [0.1, 0.15) is 36.0 Å². The van der Waals surface area contributed by atoms with Crippen LogP contribution < -0.4 is 0 Å². The van der Waals surface area contributed by atoms with Crippen molar-refractivity contribution < 1.29 is 14.2 Å². The van der Waals surface area contributed by atoms with Gasteiger partial charge in [0.2, 0.25) is 0 Å². The highest BCUT2D eigenvalue weighted by molar-refractivity contribution is 5.16. The van der Waals surface area contributed by atoms with E-state index in [0.717, 1.165) is 19.5 Å². The Morgan fingerprint density at radius 3 is 1.65 bits per heavy atom. The number of nitrogens with zero attached hydrogens (tertiary/aromatic N) is 1. The van der Waals surface area contributed by atoms with Gasteiger partial charge in [-0.05, 0) is 36.1 Å². The summed E-state index contributed by atoms with van der Waals surface area (Å²) in [6, 6.07) is 31.6. The molecule has 4 nitrogen and oxygen atoms in total. The van der Waals surface area contributed by atoms with Crippen molar-refractivity contribution in [3.8, 4) is 0 Å². The summed E-state index contributed by atoms with van der Waals surface area (Å²) in [6.45, 7) is 3.73. The van der Waals surface area contributed by atoms with E-state index < -0.39 is 0 Å². The number of hydrogen-bond acceptors (Lipinski definition) is 4. The zero-order chi connectivity index (χ0) is 23.0. The Hall–Kier alpha value is -2.50. The van der Waals surface area contributed by atoms with Crippen LogP contribution in [0.3, 0.4) is 0 Å². The Kier molecular flexibility index (Phi) is 8.05. The van der Waals surface area contributed by atoms with E-state index in [9.17, 15) is 0 Å². The van der Waals surface area contributed by atoms with Crippen LogP contribution in [0.2, 0.25) is 0 Å². The summed E-state index contributed by atoms with van der Waals surface area (Å²) < 4.78 is 19.9. The molecule has 2 aliphatic rings. The third kappa shape index (κ3) is 5.94. The number of hydrogen-bond donors (Lipinski definition) is 0. The van der Waals surface area contributed by atoms with E-state index in [1.807, 2.05) is 18.2 Å². The average Bonchev–Trinajstić information content (AvgIpc) is 2.91. The molecule has 0 saturated carbocycles. The van der Waals surface area contributed by atoms with Crippen LogP contribution in [0.4, 0.5) is 0 Å². The smallest absolute Gasteiger partial charge is 0.113 e. The van der Waals surface area contributed by atoms with Crippen LogP contribution in [0.5, 0.6) is 0 Å². The summed E-state index contributed by atoms with van der Waals surface area (Å²) in [6.07, 6.45) is 3.44. The van der Waals surface area contributed by atoms with Gasteiger partial charge in [-0.1, -0.05) is 97.4 Å². The topological polar surface area (TPSA) is 30.9 Å². The molecule has 0 N–H and O–H groups in total. The molecule has 5 rings (SSSR count). The highest BCUT2D eigenvalue weighted by atomic mass is 16.6. The Balaban J connectivity index is 1.36. The largest absolute Gasteiger partial charge is 0.369 e. The number of ether oxygens (including phenoxy) is 3. The lowest BCUT2D eigenvalue weighted by Gasteiger charge is -2.50. The molecule has 0 bridgehead atoms. The lowest BCUT2D eigenvalue weighted by Crippen LogP contribution is -2.64. The molecule has 2 heterocycles. The van der Waals surface area contributed by atoms with Crippen molar-refractivity contribution in [2.45, 2.75) is 63.4 Å². The maximum atomic E-state index is 6.68. The van der Waals surface area contributed by atoms with Gasteiger partial charge in [-0.25, -0.2) is 0 Å². The van der Waals surface area contributed by atoms with Gasteiger partial charge in [-0.2, -0.15) is 0 Å². The number of fused-ring (bicyclic) bond motifs is 1. The minimum absolute atomic E-state index is 0.0289. The summed E-state index contributed by atoms with van der Waals surface area (Å²) >= 11 is 0. The summed E-state index contributed by atoms with van der Waals surface area (Å²) in [7, 11) is 0. The Bertz CT molecular complexity index is 982. The number of piperidine rings is 2. The SMILES string of the molecule is c1ccc(CO[C@H]2[C@H](OCc3ccccc3)[C@H](OCc3ccccc3)CN3CCCC[C@H]23)cc1. The lowest BCUT2D eigenvalue weighted by atomic mass is 9.87. The minimum atomic E-state index is -0.119. The fourth-order valence-electron chi connectivity index (χ4n) is 5.25. The summed E-state index contributed by atoms with van der Waals surface area (Å²) in [5.74, 6) is 0. The van der Waals surface area contributed by atoms with Gasteiger partial charge in [0.15, 0.2) is 0 Å². The predicted molar refractivity (Wildman–Crippen MR) is 134 cm³/mol. The first-order valence-corrected chi connectivity index (χ1v) is 12.6. The van der Waals surface area contributed by atoms with E-state index in [1.54, 1.807) is 0 Å². The third-order valence-electron chi connectivity index (χ3n) is 7.03. The van der Waals surface area contributed by atoms with E-state index in [2.05, 4.69) is 77.7 Å². The van der Waals surface area contributed by atoms with Gasteiger partial charge in [0.05, 0.1) is 25.9 Å². The highest BCUT2D eigenvalue weighted by Crippen LogP contribution is 2.33. The lowest BCUT2D eigenvalue weighted by molar-refractivity contribution is -0.207. The zero-order valence-electron chi connectivity index (χ0n) is 19.8. The van der Waals surface area contributed by atoms with Crippen LogP contribution >= 0.6 is 0 Å². The second-order valence-corrected chi connectivity index (χ2v) is 9.42. The molecule has 2 fully saturated rings. The van der Waals surface area contributed by atoms with E-state index in [1.165, 1.54) is 29.5 Å². The van der Waals surface area contributed by atoms with Gasteiger partial charge >= 0.3 is 0 Å². The second kappa shape index (κ2) is 11.8. The van der Waals surface area contributed by atoms with Crippen molar-refractivity contribution in [1.29, 1.82) is 0 Å². The van der Waals surface area contributed by atoms with Crippen LogP contribution in [-0.2, 0) is 34.0 Å². The van der Waals surface area contributed by atoms with E-state index in [-0.39, 0.29) is 18.3 Å².